The third kappa shape index (κ3) is 5.27. The Morgan fingerprint density at radius 2 is 2.08 bits per heavy atom. The Labute approximate surface area is 217 Å². The number of benzene rings is 1. The zero-order valence-electron chi connectivity index (χ0n) is 20.6. The molecule has 3 heterocycles. The van der Waals surface area contributed by atoms with Gasteiger partial charge in [-0.3, -0.25) is 13.8 Å². The summed E-state index contributed by atoms with van der Waals surface area (Å²) >= 11 is 0. The van der Waals surface area contributed by atoms with Gasteiger partial charge in [0.2, 0.25) is 5.60 Å². The standard InChI is InChI=1S/C23H27N6O8P/c1-3-19(30)37-28-38(33,34-10-15-7-5-4-6-14(15)2)35-11-17-20(31)21(32)23(12-24,36-17)18-9-8-16-22(25)26-13-27-29(16)18/h4-9,13,17,20-21,31-32H,3,10-11H2,1-2H3,(H,28,33)(H2,25,26,27)/t17-,20-,21-,23+,38-/m1/s1. The number of aliphatic hydroxyl groups is 2. The SMILES string of the molecule is CCC(=O)ON[P@@](=O)(OCc1ccccc1C)OC[C@H]1O[C@@](C#N)(c2ccc3c(N)ncnn23)[C@H](O)[C@@H]1O. The molecule has 15 heteroatoms. The molecule has 0 aliphatic carbocycles. The Hall–Kier alpha value is -3.41. The van der Waals surface area contributed by atoms with Crippen molar-refractivity contribution >= 4 is 25.1 Å². The van der Waals surface area contributed by atoms with Gasteiger partial charge in [0.25, 0.3) is 0 Å². The number of nitrogens with two attached hydrogens (primary N) is 1. The molecule has 3 aromatic rings. The fourth-order valence-corrected chi connectivity index (χ4v) is 4.96. The molecular weight excluding hydrogens is 519 g/mol. The van der Waals surface area contributed by atoms with Crippen molar-refractivity contribution < 1.29 is 38.2 Å². The van der Waals surface area contributed by atoms with Crippen LogP contribution < -0.4 is 11.0 Å². The number of nitrogens with one attached hydrogen (secondary N) is 1. The molecule has 14 nitrogen and oxygen atoms in total. The van der Waals surface area contributed by atoms with Crippen LogP contribution in [0.5, 0.6) is 0 Å². The molecule has 0 bridgehead atoms. The van der Waals surface area contributed by atoms with Crippen molar-refractivity contribution in [2.75, 3.05) is 12.3 Å². The fraction of sp³-hybridized carbons (Fsp3) is 0.391. The van der Waals surface area contributed by atoms with E-state index in [0.29, 0.717) is 11.1 Å². The average molecular weight is 546 g/mol. The molecule has 1 aromatic carbocycles. The Bertz CT molecular complexity index is 1410. The number of aryl methyl sites for hydroxylation is 1. The van der Waals surface area contributed by atoms with Gasteiger partial charge in [-0.15, -0.1) is 0 Å². The van der Waals surface area contributed by atoms with E-state index in [4.69, 9.17) is 24.4 Å². The molecule has 0 unspecified atom stereocenters. The molecule has 4 rings (SSSR count). The van der Waals surface area contributed by atoms with Crippen LogP contribution in [0.3, 0.4) is 0 Å². The smallest absolute Gasteiger partial charge is 0.387 e. The van der Waals surface area contributed by atoms with Crippen LogP contribution in [0.4, 0.5) is 5.82 Å². The number of hydrogen-bond donors (Lipinski definition) is 4. The first kappa shape index (κ1) is 27.6. The summed E-state index contributed by atoms with van der Waals surface area (Å²) in [6.07, 6.45) is -3.56. The number of aromatic nitrogens is 3. The Morgan fingerprint density at radius 1 is 1.32 bits per heavy atom. The van der Waals surface area contributed by atoms with E-state index in [1.165, 1.54) is 23.0 Å². The molecule has 38 heavy (non-hydrogen) atoms. The number of nitriles is 1. The monoisotopic (exact) mass is 546 g/mol. The van der Waals surface area contributed by atoms with Crippen molar-refractivity contribution in [2.24, 2.45) is 0 Å². The van der Waals surface area contributed by atoms with E-state index in [1.807, 2.05) is 30.4 Å². The number of anilines is 1. The van der Waals surface area contributed by atoms with Gasteiger partial charge in [-0.25, -0.2) is 14.1 Å². The molecule has 202 valence electrons. The number of rotatable bonds is 10. The molecular formula is C23H27N6O8P. The first-order valence-corrected chi connectivity index (χ1v) is 13.1. The van der Waals surface area contributed by atoms with Crippen LogP contribution in [0.25, 0.3) is 5.52 Å². The first-order chi connectivity index (χ1) is 18.1. The highest BCUT2D eigenvalue weighted by Gasteiger charge is 2.58. The van der Waals surface area contributed by atoms with E-state index < -0.39 is 44.2 Å². The van der Waals surface area contributed by atoms with Gasteiger partial charge in [0.1, 0.15) is 36.2 Å². The summed E-state index contributed by atoms with van der Waals surface area (Å²) in [5.74, 6) is -0.586. The summed E-state index contributed by atoms with van der Waals surface area (Å²) in [6.45, 7) is 2.62. The van der Waals surface area contributed by atoms with E-state index in [9.17, 15) is 24.8 Å². The lowest BCUT2D eigenvalue weighted by Crippen LogP contribution is -2.41. The maximum atomic E-state index is 13.4. The maximum absolute atomic E-state index is 13.4. The lowest BCUT2D eigenvalue weighted by molar-refractivity contribution is -0.148. The normalized spacial score (nSPS) is 24.7. The lowest BCUT2D eigenvalue weighted by Gasteiger charge is -2.24. The second-order valence-electron chi connectivity index (χ2n) is 8.51. The number of carbonyl (C=O) groups is 1. The summed E-state index contributed by atoms with van der Waals surface area (Å²) in [5, 5.41) is 37.8. The zero-order valence-corrected chi connectivity index (χ0v) is 21.4. The predicted octanol–water partition coefficient (Wildman–Crippen LogP) is 1.26. The minimum Gasteiger partial charge on any atom is -0.387 e. The van der Waals surface area contributed by atoms with E-state index in [-0.39, 0.29) is 24.5 Å². The van der Waals surface area contributed by atoms with Gasteiger partial charge in [-0.05, 0) is 30.2 Å². The number of fused-ring (bicyclic) bond motifs is 1. The van der Waals surface area contributed by atoms with E-state index in [1.54, 1.807) is 19.1 Å². The highest BCUT2D eigenvalue weighted by molar-refractivity contribution is 7.51. The largest absolute Gasteiger partial charge is 0.438 e. The number of nitrogens with zero attached hydrogens (tertiary/aromatic N) is 4. The fourth-order valence-electron chi connectivity index (χ4n) is 3.92. The number of carbonyl (C=O) groups excluding carboxylic acids is 1. The second kappa shape index (κ2) is 11.1. The molecule has 1 aliphatic rings. The minimum absolute atomic E-state index is 0.00847. The zero-order chi connectivity index (χ0) is 27.5. The quantitative estimate of drug-likeness (QED) is 0.209. The van der Waals surface area contributed by atoms with Crippen molar-refractivity contribution in [3.63, 3.8) is 0 Å². The average Bonchev–Trinajstić information content (AvgIpc) is 3.46. The number of hydrogen-bond acceptors (Lipinski definition) is 12. The van der Waals surface area contributed by atoms with Crippen molar-refractivity contribution in [2.45, 2.75) is 50.8 Å². The number of ether oxygens (including phenoxy) is 1. The predicted molar refractivity (Wildman–Crippen MR) is 131 cm³/mol. The Balaban J connectivity index is 1.54. The summed E-state index contributed by atoms with van der Waals surface area (Å²) in [4.78, 5) is 20.3. The summed E-state index contributed by atoms with van der Waals surface area (Å²) < 4.78 is 31.4. The third-order valence-electron chi connectivity index (χ3n) is 6.11. The van der Waals surface area contributed by atoms with E-state index in [2.05, 4.69) is 10.1 Å². The number of nitrogen functional groups attached to an aromatic ring is 1. The van der Waals surface area contributed by atoms with Crippen molar-refractivity contribution in [1.82, 2.24) is 19.8 Å². The maximum Gasteiger partial charge on any atom is 0.438 e. The van der Waals surface area contributed by atoms with Crippen LogP contribution in [0.1, 0.15) is 30.2 Å². The third-order valence-corrected chi connectivity index (χ3v) is 7.38. The Morgan fingerprint density at radius 3 is 2.79 bits per heavy atom. The van der Waals surface area contributed by atoms with Gasteiger partial charge in [0.15, 0.2) is 5.82 Å². The van der Waals surface area contributed by atoms with Crippen LogP contribution in [0.2, 0.25) is 0 Å². The second-order valence-corrected chi connectivity index (χ2v) is 10.2. The lowest BCUT2D eigenvalue weighted by atomic mass is 9.92. The molecule has 2 aromatic heterocycles. The molecule has 1 aliphatic heterocycles. The van der Waals surface area contributed by atoms with Crippen molar-refractivity contribution in [1.29, 1.82) is 5.26 Å². The molecule has 0 radical (unpaired) electrons. The van der Waals surface area contributed by atoms with Crippen LogP contribution in [-0.2, 0) is 40.2 Å². The first-order valence-electron chi connectivity index (χ1n) is 11.6. The molecule has 0 amide bonds. The van der Waals surface area contributed by atoms with Crippen LogP contribution >= 0.6 is 7.75 Å². The van der Waals surface area contributed by atoms with Gasteiger partial charge in [-0.2, -0.15) is 10.4 Å². The Kier molecular flexibility index (Phi) is 8.10. The summed E-state index contributed by atoms with van der Waals surface area (Å²) in [7, 11) is -4.32. The summed E-state index contributed by atoms with van der Waals surface area (Å²) in [6, 6.07) is 12.1. The highest BCUT2D eigenvalue weighted by Crippen LogP contribution is 2.47. The van der Waals surface area contributed by atoms with Crippen molar-refractivity contribution in [3.05, 3.63) is 59.5 Å². The van der Waals surface area contributed by atoms with Crippen LogP contribution in [0.15, 0.2) is 42.7 Å². The van der Waals surface area contributed by atoms with Gasteiger partial charge < -0.3 is 25.5 Å². The molecule has 1 fully saturated rings. The van der Waals surface area contributed by atoms with E-state index in [0.717, 1.165) is 5.56 Å². The molecule has 0 saturated carbocycles. The van der Waals surface area contributed by atoms with Gasteiger partial charge in [-0.1, -0.05) is 36.4 Å². The van der Waals surface area contributed by atoms with Crippen LogP contribution in [-0.4, -0.2) is 55.7 Å². The minimum atomic E-state index is -4.32. The highest BCUT2D eigenvalue weighted by atomic mass is 31.2. The van der Waals surface area contributed by atoms with Crippen molar-refractivity contribution in [3.8, 4) is 6.07 Å². The molecule has 1 saturated heterocycles. The molecule has 0 spiro atoms. The molecule has 5 N–H and O–H groups in total. The van der Waals surface area contributed by atoms with Crippen LogP contribution in [0, 0.1) is 18.3 Å². The number of aliphatic hydroxyl groups excluding tert-OH is 2. The molecule has 5 atom stereocenters. The van der Waals surface area contributed by atoms with Gasteiger partial charge in [0.05, 0.1) is 18.9 Å². The van der Waals surface area contributed by atoms with Gasteiger partial charge >= 0.3 is 13.7 Å². The van der Waals surface area contributed by atoms with E-state index >= 15 is 0 Å². The topological polar surface area (TPSA) is 204 Å². The summed E-state index contributed by atoms with van der Waals surface area (Å²) in [5.41, 5.74) is 5.81. The van der Waals surface area contributed by atoms with Gasteiger partial charge in [0, 0.05) is 6.42 Å².